The van der Waals surface area contributed by atoms with E-state index in [1.807, 2.05) is 4.90 Å². The van der Waals surface area contributed by atoms with Gasteiger partial charge >= 0.3 is 0 Å². The van der Waals surface area contributed by atoms with Gasteiger partial charge < -0.3 is 14.7 Å². The number of aliphatic hydroxyl groups excluding tert-OH is 1. The molecule has 4 heteroatoms. The van der Waals surface area contributed by atoms with E-state index in [1.54, 1.807) is 0 Å². The molecule has 3 rings (SSSR count). The highest BCUT2D eigenvalue weighted by Gasteiger charge is 2.44. The van der Waals surface area contributed by atoms with Crippen molar-refractivity contribution in [3.8, 4) is 0 Å². The molecular formula is C15H25NO3. The second-order valence-corrected chi connectivity index (χ2v) is 6.38. The Hall–Kier alpha value is -0.610. The fraction of sp³-hybridized carbons (Fsp3) is 0.933. The van der Waals surface area contributed by atoms with Crippen LogP contribution >= 0.6 is 0 Å². The van der Waals surface area contributed by atoms with Gasteiger partial charge in [-0.15, -0.1) is 0 Å². The first kappa shape index (κ1) is 13.4. The lowest BCUT2D eigenvalue weighted by molar-refractivity contribution is -0.180. The highest BCUT2D eigenvalue weighted by molar-refractivity contribution is 5.79. The zero-order valence-electron chi connectivity index (χ0n) is 11.6. The van der Waals surface area contributed by atoms with Gasteiger partial charge in [0.1, 0.15) is 0 Å². The van der Waals surface area contributed by atoms with Crippen molar-refractivity contribution >= 4 is 5.91 Å². The second kappa shape index (κ2) is 5.41. The largest absolute Gasteiger partial charge is 0.390 e. The lowest BCUT2D eigenvalue weighted by Gasteiger charge is -2.47. The van der Waals surface area contributed by atoms with Crippen molar-refractivity contribution in [2.45, 2.75) is 63.1 Å². The van der Waals surface area contributed by atoms with E-state index in [0.717, 1.165) is 58.2 Å². The standard InChI is InChI=1S/C15H25NO3/c17-13-6-3-11-19-15(13)7-9-16(10-8-15)14(18)12-4-1-2-5-12/h12-13,17H,1-11H2/t13-/m1/s1. The Morgan fingerprint density at radius 3 is 2.42 bits per heavy atom. The average molecular weight is 267 g/mol. The monoisotopic (exact) mass is 267 g/mol. The fourth-order valence-electron chi connectivity index (χ4n) is 3.93. The molecule has 1 atom stereocenters. The van der Waals surface area contributed by atoms with Crippen molar-refractivity contribution in [3.05, 3.63) is 0 Å². The van der Waals surface area contributed by atoms with Crippen LogP contribution in [0.15, 0.2) is 0 Å². The number of nitrogens with zero attached hydrogens (tertiary/aromatic N) is 1. The number of likely N-dealkylation sites (tertiary alicyclic amines) is 1. The van der Waals surface area contributed by atoms with Crippen molar-refractivity contribution in [2.75, 3.05) is 19.7 Å². The zero-order valence-corrected chi connectivity index (χ0v) is 11.6. The Balaban J connectivity index is 1.58. The Bertz CT molecular complexity index is 330. The highest BCUT2D eigenvalue weighted by atomic mass is 16.5. The third kappa shape index (κ3) is 2.52. The van der Waals surface area contributed by atoms with E-state index in [9.17, 15) is 9.90 Å². The normalized spacial score (nSPS) is 31.8. The van der Waals surface area contributed by atoms with Crippen LogP contribution in [0.1, 0.15) is 51.4 Å². The van der Waals surface area contributed by atoms with Crippen LogP contribution in [0.3, 0.4) is 0 Å². The Morgan fingerprint density at radius 1 is 1.11 bits per heavy atom. The number of amides is 1. The predicted molar refractivity (Wildman–Crippen MR) is 71.7 cm³/mol. The molecule has 2 heterocycles. The molecule has 0 aromatic rings. The molecule has 0 aromatic heterocycles. The molecule has 1 aliphatic carbocycles. The molecule has 108 valence electrons. The summed E-state index contributed by atoms with van der Waals surface area (Å²) in [5.74, 6) is 0.615. The summed E-state index contributed by atoms with van der Waals surface area (Å²) in [6.07, 6.45) is 7.60. The van der Waals surface area contributed by atoms with Gasteiger partial charge in [0.05, 0.1) is 11.7 Å². The van der Waals surface area contributed by atoms with Crippen LogP contribution in [0, 0.1) is 5.92 Å². The number of aliphatic hydroxyl groups is 1. The second-order valence-electron chi connectivity index (χ2n) is 6.38. The van der Waals surface area contributed by atoms with Crippen molar-refractivity contribution < 1.29 is 14.6 Å². The molecule has 4 nitrogen and oxygen atoms in total. The van der Waals surface area contributed by atoms with Crippen molar-refractivity contribution in [3.63, 3.8) is 0 Å². The van der Waals surface area contributed by atoms with E-state index >= 15 is 0 Å². The van der Waals surface area contributed by atoms with Crippen LogP contribution in [0.25, 0.3) is 0 Å². The van der Waals surface area contributed by atoms with Gasteiger partial charge in [-0.2, -0.15) is 0 Å². The van der Waals surface area contributed by atoms with E-state index in [0.29, 0.717) is 5.91 Å². The average Bonchev–Trinajstić information content (AvgIpc) is 2.96. The van der Waals surface area contributed by atoms with Gasteiger partial charge in [0.2, 0.25) is 5.91 Å². The van der Waals surface area contributed by atoms with E-state index in [4.69, 9.17) is 4.74 Å². The lowest BCUT2D eigenvalue weighted by atomic mass is 9.81. The number of ether oxygens (including phenoxy) is 1. The summed E-state index contributed by atoms with van der Waals surface area (Å²) in [7, 11) is 0. The topological polar surface area (TPSA) is 49.8 Å². The predicted octanol–water partition coefficient (Wildman–Crippen LogP) is 1.71. The Labute approximate surface area is 115 Å². The molecule has 0 aromatic carbocycles. The van der Waals surface area contributed by atoms with Gasteiger partial charge in [0, 0.05) is 25.6 Å². The minimum atomic E-state index is -0.356. The first-order valence-corrected chi connectivity index (χ1v) is 7.82. The molecule has 3 aliphatic rings. The summed E-state index contributed by atoms with van der Waals surface area (Å²) in [6, 6.07) is 0. The quantitative estimate of drug-likeness (QED) is 0.787. The molecule has 1 spiro atoms. The van der Waals surface area contributed by atoms with Gasteiger partial charge in [-0.25, -0.2) is 0 Å². The molecular weight excluding hydrogens is 242 g/mol. The fourth-order valence-corrected chi connectivity index (χ4v) is 3.93. The summed E-state index contributed by atoms with van der Waals surface area (Å²) >= 11 is 0. The van der Waals surface area contributed by atoms with Crippen molar-refractivity contribution in [2.24, 2.45) is 5.92 Å². The van der Waals surface area contributed by atoms with Crippen molar-refractivity contribution in [1.82, 2.24) is 4.90 Å². The SMILES string of the molecule is O=C(C1CCCC1)N1CCC2(CC1)OCCC[C@H]2O. The van der Waals surface area contributed by atoms with Gasteiger partial charge in [-0.3, -0.25) is 4.79 Å². The third-order valence-corrected chi connectivity index (χ3v) is 5.24. The first-order chi connectivity index (χ1) is 9.21. The lowest BCUT2D eigenvalue weighted by Crippen LogP contribution is -2.56. The summed E-state index contributed by atoms with van der Waals surface area (Å²) in [5.41, 5.74) is -0.356. The van der Waals surface area contributed by atoms with Gasteiger partial charge in [-0.1, -0.05) is 12.8 Å². The number of rotatable bonds is 1. The molecule has 1 saturated carbocycles. The number of piperidine rings is 1. The number of hydrogen-bond acceptors (Lipinski definition) is 3. The van der Waals surface area contributed by atoms with Gasteiger partial charge in [-0.05, 0) is 38.5 Å². The molecule has 2 saturated heterocycles. The van der Waals surface area contributed by atoms with Gasteiger partial charge in [0.25, 0.3) is 0 Å². The summed E-state index contributed by atoms with van der Waals surface area (Å²) < 4.78 is 5.88. The van der Waals surface area contributed by atoms with E-state index in [2.05, 4.69) is 0 Å². The Morgan fingerprint density at radius 2 is 1.79 bits per heavy atom. The molecule has 0 radical (unpaired) electrons. The number of carbonyl (C=O) groups excluding carboxylic acids is 1. The maximum Gasteiger partial charge on any atom is 0.225 e. The van der Waals surface area contributed by atoms with Crippen LogP contribution in [0.2, 0.25) is 0 Å². The van der Waals surface area contributed by atoms with Crippen LogP contribution in [-0.2, 0) is 9.53 Å². The smallest absolute Gasteiger partial charge is 0.225 e. The van der Waals surface area contributed by atoms with Gasteiger partial charge in [0.15, 0.2) is 0 Å². The molecule has 3 fully saturated rings. The maximum absolute atomic E-state index is 12.4. The van der Waals surface area contributed by atoms with Crippen molar-refractivity contribution in [1.29, 1.82) is 0 Å². The van der Waals surface area contributed by atoms with Crippen LogP contribution in [-0.4, -0.2) is 47.3 Å². The molecule has 0 unspecified atom stereocenters. The van der Waals surface area contributed by atoms with E-state index in [-0.39, 0.29) is 17.6 Å². The number of carbonyl (C=O) groups is 1. The third-order valence-electron chi connectivity index (χ3n) is 5.24. The zero-order chi connectivity index (χ0) is 13.3. The number of hydrogen-bond donors (Lipinski definition) is 1. The van der Waals surface area contributed by atoms with E-state index in [1.165, 1.54) is 12.8 Å². The van der Waals surface area contributed by atoms with Crippen LogP contribution < -0.4 is 0 Å². The summed E-state index contributed by atoms with van der Waals surface area (Å²) in [5, 5.41) is 10.2. The summed E-state index contributed by atoms with van der Waals surface area (Å²) in [6.45, 7) is 2.27. The molecule has 0 bridgehead atoms. The minimum Gasteiger partial charge on any atom is -0.390 e. The first-order valence-electron chi connectivity index (χ1n) is 7.82. The molecule has 19 heavy (non-hydrogen) atoms. The maximum atomic E-state index is 12.4. The Kier molecular flexibility index (Phi) is 3.81. The summed E-state index contributed by atoms with van der Waals surface area (Å²) in [4.78, 5) is 14.4. The molecule has 1 N–H and O–H groups in total. The van der Waals surface area contributed by atoms with Crippen LogP contribution in [0.5, 0.6) is 0 Å². The van der Waals surface area contributed by atoms with E-state index < -0.39 is 0 Å². The van der Waals surface area contributed by atoms with Crippen LogP contribution in [0.4, 0.5) is 0 Å². The highest BCUT2D eigenvalue weighted by Crippen LogP contribution is 2.36. The molecule has 2 aliphatic heterocycles. The minimum absolute atomic E-state index is 0.270. The molecule has 1 amide bonds.